The van der Waals surface area contributed by atoms with Crippen LogP contribution in [0.25, 0.3) is 0 Å². The summed E-state index contributed by atoms with van der Waals surface area (Å²) < 4.78 is 34.4. The molecule has 1 aromatic heterocycles. The van der Waals surface area contributed by atoms with Crippen LogP contribution >= 0.6 is 11.5 Å². The summed E-state index contributed by atoms with van der Waals surface area (Å²) in [7, 11) is -3.51. The van der Waals surface area contributed by atoms with Gasteiger partial charge in [0.2, 0.25) is 0 Å². The SMILES string of the molecule is CCOc1snc(C)c1CS(=O)(=O)C1=CC(C)(C)ON1. The minimum absolute atomic E-state index is 0.0931. The van der Waals surface area contributed by atoms with Crippen LogP contribution in [-0.2, 0) is 20.4 Å². The Morgan fingerprint density at radius 1 is 1.50 bits per heavy atom. The molecule has 1 aliphatic rings. The van der Waals surface area contributed by atoms with E-state index in [1.807, 2.05) is 6.92 Å². The minimum Gasteiger partial charge on any atom is -0.483 e. The fourth-order valence-electron chi connectivity index (χ4n) is 1.75. The van der Waals surface area contributed by atoms with Crippen molar-refractivity contribution >= 4 is 21.4 Å². The van der Waals surface area contributed by atoms with Crippen LogP contribution in [0, 0.1) is 6.92 Å². The van der Waals surface area contributed by atoms with E-state index in [9.17, 15) is 8.42 Å². The van der Waals surface area contributed by atoms with E-state index < -0.39 is 15.4 Å². The lowest BCUT2D eigenvalue weighted by Crippen LogP contribution is -2.22. The predicted octanol–water partition coefficient (Wildman–Crippen LogP) is 1.92. The van der Waals surface area contributed by atoms with Crippen LogP contribution < -0.4 is 10.2 Å². The minimum atomic E-state index is -3.51. The lowest BCUT2D eigenvalue weighted by Gasteiger charge is -2.11. The maximum Gasteiger partial charge on any atom is 0.199 e. The fraction of sp³-hybridized carbons (Fsp3) is 0.583. The van der Waals surface area contributed by atoms with Crippen molar-refractivity contribution in [2.24, 2.45) is 0 Å². The molecule has 0 spiro atoms. The monoisotopic (exact) mass is 318 g/mol. The van der Waals surface area contributed by atoms with Crippen LogP contribution in [0.1, 0.15) is 32.0 Å². The Labute approximate surface area is 122 Å². The number of rotatable bonds is 5. The number of aromatic nitrogens is 1. The van der Waals surface area contributed by atoms with Gasteiger partial charge < -0.3 is 4.74 Å². The lowest BCUT2D eigenvalue weighted by molar-refractivity contribution is -0.0129. The van der Waals surface area contributed by atoms with E-state index in [0.717, 1.165) is 0 Å². The van der Waals surface area contributed by atoms with Gasteiger partial charge in [0.05, 0.1) is 18.1 Å². The highest BCUT2D eigenvalue weighted by Gasteiger charge is 2.32. The van der Waals surface area contributed by atoms with Crippen molar-refractivity contribution in [1.82, 2.24) is 9.85 Å². The number of hydrogen-bond acceptors (Lipinski definition) is 7. The molecule has 1 aliphatic heterocycles. The second-order valence-corrected chi connectivity index (χ2v) is 7.74. The van der Waals surface area contributed by atoms with Crippen molar-refractivity contribution in [2.75, 3.05) is 6.61 Å². The van der Waals surface area contributed by atoms with Crippen molar-refractivity contribution in [3.8, 4) is 5.06 Å². The molecule has 0 saturated carbocycles. The Morgan fingerprint density at radius 2 is 2.20 bits per heavy atom. The molecule has 6 nitrogen and oxygen atoms in total. The standard InChI is InChI=1S/C12H18N2O4S2/c1-5-17-11-9(8(2)14-19-11)7-20(15,16)10-6-12(3,4)18-13-10/h6,13H,5,7H2,1-4H3. The molecule has 0 fully saturated rings. The van der Waals surface area contributed by atoms with E-state index >= 15 is 0 Å². The molecule has 0 atom stereocenters. The van der Waals surface area contributed by atoms with Gasteiger partial charge in [0.15, 0.2) is 19.9 Å². The van der Waals surface area contributed by atoms with Gasteiger partial charge >= 0.3 is 0 Å². The van der Waals surface area contributed by atoms with E-state index in [0.29, 0.717) is 22.9 Å². The van der Waals surface area contributed by atoms with Crippen molar-refractivity contribution in [1.29, 1.82) is 0 Å². The first-order chi connectivity index (χ1) is 9.25. The summed E-state index contributed by atoms with van der Waals surface area (Å²) in [5.74, 6) is -0.150. The molecule has 112 valence electrons. The summed E-state index contributed by atoms with van der Waals surface area (Å²) in [5, 5.41) is 0.655. The average molecular weight is 318 g/mol. The third-order valence-electron chi connectivity index (χ3n) is 2.79. The molecular formula is C12H18N2O4S2. The van der Waals surface area contributed by atoms with E-state index in [-0.39, 0.29) is 10.8 Å². The largest absolute Gasteiger partial charge is 0.483 e. The Kier molecular flexibility index (Phi) is 4.08. The zero-order valence-electron chi connectivity index (χ0n) is 11.9. The summed E-state index contributed by atoms with van der Waals surface area (Å²) in [6, 6.07) is 0. The quantitative estimate of drug-likeness (QED) is 0.894. The van der Waals surface area contributed by atoms with Crippen LogP contribution in [0.5, 0.6) is 5.06 Å². The second kappa shape index (κ2) is 5.34. The molecule has 0 aromatic carbocycles. The van der Waals surface area contributed by atoms with Gasteiger partial charge in [0.1, 0.15) is 5.60 Å². The molecule has 0 saturated heterocycles. The first-order valence-corrected chi connectivity index (χ1v) is 8.65. The van der Waals surface area contributed by atoms with E-state index in [4.69, 9.17) is 9.57 Å². The number of nitrogens with zero attached hydrogens (tertiary/aromatic N) is 1. The smallest absolute Gasteiger partial charge is 0.199 e. The first-order valence-electron chi connectivity index (χ1n) is 6.23. The van der Waals surface area contributed by atoms with E-state index in [1.54, 1.807) is 26.8 Å². The topological polar surface area (TPSA) is 77.5 Å². The maximum absolute atomic E-state index is 12.4. The van der Waals surface area contributed by atoms with Gasteiger partial charge in [-0.25, -0.2) is 8.42 Å². The van der Waals surface area contributed by atoms with Gasteiger partial charge in [-0.1, -0.05) is 0 Å². The Hall–Kier alpha value is -1.12. The number of hydroxylamine groups is 1. The molecule has 20 heavy (non-hydrogen) atoms. The van der Waals surface area contributed by atoms with E-state index in [2.05, 4.69) is 9.85 Å². The molecule has 1 aromatic rings. The molecule has 0 aliphatic carbocycles. The third kappa shape index (κ3) is 3.13. The van der Waals surface area contributed by atoms with Crippen molar-refractivity contribution in [3.05, 3.63) is 22.4 Å². The van der Waals surface area contributed by atoms with Crippen molar-refractivity contribution in [3.63, 3.8) is 0 Å². The molecule has 2 heterocycles. The number of aryl methyl sites for hydroxylation is 1. The Morgan fingerprint density at radius 3 is 2.75 bits per heavy atom. The molecular weight excluding hydrogens is 300 g/mol. The molecule has 0 bridgehead atoms. The summed E-state index contributed by atoms with van der Waals surface area (Å²) in [5.41, 5.74) is 3.15. The average Bonchev–Trinajstić information content (AvgIpc) is 2.86. The highest BCUT2D eigenvalue weighted by molar-refractivity contribution is 7.94. The molecule has 0 amide bonds. The number of ether oxygens (including phenoxy) is 1. The molecule has 0 unspecified atom stereocenters. The molecule has 1 N–H and O–H groups in total. The number of sulfone groups is 1. The summed E-state index contributed by atoms with van der Waals surface area (Å²) in [4.78, 5) is 5.20. The van der Waals surface area contributed by atoms with Crippen LogP contribution in [-0.4, -0.2) is 25.0 Å². The van der Waals surface area contributed by atoms with Gasteiger partial charge in [-0.3, -0.25) is 10.3 Å². The second-order valence-electron chi connectivity index (χ2n) is 5.04. The van der Waals surface area contributed by atoms with Crippen LogP contribution in [0.2, 0.25) is 0 Å². The van der Waals surface area contributed by atoms with Crippen molar-refractivity contribution < 1.29 is 18.0 Å². The van der Waals surface area contributed by atoms with Gasteiger partial charge in [-0.15, -0.1) is 0 Å². The molecule has 2 rings (SSSR count). The maximum atomic E-state index is 12.4. The van der Waals surface area contributed by atoms with Crippen LogP contribution in [0.3, 0.4) is 0 Å². The zero-order chi connectivity index (χ0) is 15.0. The third-order valence-corrected chi connectivity index (χ3v) is 5.22. The van der Waals surface area contributed by atoms with Gasteiger partial charge in [0.25, 0.3) is 0 Å². The summed E-state index contributed by atoms with van der Waals surface area (Å²) in [6.45, 7) is 7.67. The Bertz CT molecular complexity index is 632. The summed E-state index contributed by atoms with van der Waals surface area (Å²) in [6.07, 6.45) is 1.57. The molecule has 0 radical (unpaired) electrons. The van der Waals surface area contributed by atoms with Crippen LogP contribution in [0.15, 0.2) is 11.1 Å². The van der Waals surface area contributed by atoms with Gasteiger partial charge in [-0.2, -0.15) is 4.37 Å². The summed E-state index contributed by atoms with van der Waals surface area (Å²) >= 11 is 1.18. The Balaban J connectivity index is 2.28. The first kappa shape index (κ1) is 15.3. The zero-order valence-corrected chi connectivity index (χ0v) is 13.5. The van der Waals surface area contributed by atoms with Crippen molar-refractivity contribution in [2.45, 2.75) is 39.0 Å². The fourth-order valence-corrected chi connectivity index (χ4v) is 4.18. The lowest BCUT2D eigenvalue weighted by atomic mass is 10.1. The van der Waals surface area contributed by atoms with Gasteiger partial charge in [-0.05, 0) is 33.8 Å². The van der Waals surface area contributed by atoms with Crippen LogP contribution in [0.4, 0.5) is 0 Å². The van der Waals surface area contributed by atoms with E-state index in [1.165, 1.54) is 11.5 Å². The normalized spacial score (nSPS) is 17.7. The highest BCUT2D eigenvalue weighted by atomic mass is 32.2. The van der Waals surface area contributed by atoms with Gasteiger partial charge in [0, 0.05) is 17.1 Å². The molecule has 8 heteroatoms. The number of nitrogens with one attached hydrogen (secondary N) is 1. The highest BCUT2D eigenvalue weighted by Crippen LogP contribution is 2.31. The number of hydrogen-bond donors (Lipinski definition) is 1. The predicted molar refractivity (Wildman–Crippen MR) is 77.0 cm³/mol.